The van der Waals surface area contributed by atoms with Gasteiger partial charge in [0.2, 0.25) is 0 Å². The van der Waals surface area contributed by atoms with Gasteiger partial charge in [0.15, 0.2) is 0 Å². The summed E-state index contributed by atoms with van der Waals surface area (Å²) >= 11 is 0. The molecular formula is C20H44P+. The summed E-state index contributed by atoms with van der Waals surface area (Å²) in [5, 5.41) is 0. The molecule has 0 aromatic heterocycles. The molecule has 0 fully saturated rings. The van der Waals surface area contributed by atoms with Crippen LogP contribution in [-0.4, -0.2) is 12.3 Å². The Bertz CT molecular complexity index is 149. The third-order valence-electron chi connectivity index (χ3n) is 4.52. The lowest BCUT2D eigenvalue weighted by Crippen LogP contribution is -1.84. The summed E-state index contributed by atoms with van der Waals surface area (Å²) in [6.07, 6.45) is 26.8. The van der Waals surface area contributed by atoms with E-state index in [0.29, 0.717) is 0 Å². The Labute approximate surface area is 138 Å². The lowest BCUT2D eigenvalue weighted by atomic mass is 10.0. The molecule has 0 saturated heterocycles. The van der Waals surface area contributed by atoms with E-state index >= 15 is 0 Å². The molecular weight excluding hydrogens is 271 g/mol. The number of hydrogen-bond acceptors (Lipinski definition) is 0. The molecule has 0 radical (unpaired) electrons. The molecule has 21 heavy (non-hydrogen) atoms. The first kappa shape index (κ1) is 21.4. The van der Waals surface area contributed by atoms with Crippen molar-refractivity contribution in [1.82, 2.24) is 0 Å². The highest BCUT2D eigenvalue weighted by atomic mass is 31.1. The summed E-state index contributed by atoms with van der Waals surface area (Å²) in [5.74, 6) is 0. The molecule has 0 bridgehead atoms. The average Bonchev–Trinajstić information content (AvgIpc) is 2.50. The van der Waals surface area contributed by atoms with Gasteiger partial charge in [-0.25, -0.2) is 0 Å². The molecule has 0 aliphatic carbocycles. The number of unbranched alkanes of at least 4 members (excludes halogenated alkanes) is 14. The van der Waals surface area contributed by atoms with Gasteiger partial charge in [-0.1, -0.05) is 97.3 Å². The van der Waals surface area contributed by atoms with Crippen molar-refractivity contribution in [3.05, 3.63) is 0 Å². The smallest absolute Gasteiger partial charge is 0.0549 e. The van der Waals surface area contributed by atoms with Gasteiger partial charge < -0.3 is 0 Å². The van der Waals surface area contributed by atoms with Crippen molar-refractivity contribution < 1.29 is 0 Å². The van der Waals surface area contributed by atoms with Gasteiger partial charge in [0.25, 0.3) is 0 Å². The van der Waals surface area contributed by atoms with Crippen LogP contribution in [0.2, 0.25) is 0 Å². The summed E-state index contributed by atoms with van der Waals surface area (Å²) in [7, 11) is 0.794. The molecule has 0 spiro atoms. The van der Waals surface area contributed by atoms with Crippen LogP contribution >= 0.6 is 8.58 Å². The SMILES string of the molecule is CCCCCCCCCCCCCCCC[PH2+]CCCC. The lowest BCUT2D eigenvalue weighted by molar-refractivity contribution is 0.538. The van der Waals surface area contributed by atoms with Crippen molar-refractivity contribution in [3.63, 3.8) is 0 Å². The quantitative estimate of drug-likeness (QED) is 0.180. The summed E-state index contributed by atoms with van der Waals surface area (Å²) in [5.41, 5.74) is 0. The van der Waals surface area contributed by atoms with Gasteiger partial charge in [-0.3, -0.25) is 0 Å². The largest absolute Gasteiger partial charge is 0.0654 e. The molecule has 0 nitrogen and oxygen atoms in total. The average molecular weight is 316 g/mol. The van der Waals surface area contributed by atoms with Crippen LogP contribution in [-0.2, 0) is 0 Å². The van der Waals surface area contributed by atoms with Crippen LogP contribution in [0.4, 0.5) is 0 Å². The van der Waals surface area contributed by atoms with Crippen molar-refractivity contribution in [2.24, 2.45) is 0 Å². The lowest BCUT2D eigenvalue weighted by Gasteiger charge is -2.02. The van der Waals surface area contributed by atoms with Crippen molar-refractivity contribution in [2.45, 2.75) is 117 Å². The second-order valence-electron chi connectivity index (χ2n) is 6.82. The zero-order chi connectivity index (χ0) is 15.4. The fourth-order valence-corrected chi connectivity index (χ4v) is 4.54. The first-order valence-electron chi connectivity index (χ1n) is 10.2. The molecule has 1 unspecified atom stereocenters. The molecule has 0 heterocycles. The van der Waals surface area contributed by atoms with Crippen LogP contribution in [0.1, 0.15) is 117 Å². The van der Waals surface area contributed by atoms with E-state index < -0.39 is 0 Å². The fourth-order valence-electron chi connectivity index (χ4n) is 2.98. The Morgan fingerprint density at radius 3 is 1.14 bits per heavy atom. The highest BCUT2D eigenvalue weighted by molar-refractivity contribution is 7.37. The Morgan fingerprint density at radius 1 is 0.381 bits per heavy atom. The number of rotatable bonds is 18. The normalized spacial score (nSPS) is 11.7. The molecule has 128 valence electrons. The molecule has 0 aliphatic heterocycles. The Morgan fingerprint density at radius 2 is 0.714 bits per heavy atom. The van der Waals surface area contributed by atoms with E-state index in [9.17, 15) is 0 Å². The van der Waals surface area contributed by atoms with E-state index in [0.717, 1.165) is 8.58 Å². The topological polar surface area (TPSA) is 0 Å². The van der Waals surface area contributed by atoms with Gasteiger partial charge in [0.05, 0.1) is 12.3 Å². The molecule has 0 N–H and O–H groups in total. The van der Waals surface area contributed by atoms with Gasteiger partial charge in [0, 0.05) is 0 Å². The van der Waals surface area contributed by atoms with Crippen molar-refractivity contribution in [1.29, 1.82) is 0 Å². The van der Waals surface area contributed by atoms with E-state index in [1.807, 2.05) is 0 Å². The molecule has 0 amide bonds. The molecule has 0 aliphatic rings. The van der Waals surface area contributed by atoms with E-state index in [1.54, 1.807) is 12.3 Å². The highest BCUT2D eigenvalue weighted by Crippen LogP contribution is 2.17. The van der Waals surface area contributed by atoms with Crippen molar-refractivity contribution >= 4 is 8.58 Å². The first-order valence-corrected chi connectivity index (χ1v) is 11.9. The van der Waals surface area contributed by atoms with Crippen molar-refractivity contribution in [2.75, 3.05) is 12.3 Å². The minimum atomic E-state index is 0.794. The fraction of sp³-hybridized carbons (Fsp3) is 1.00. The van der Waals surface area contributed by atoms with E-state index in [-0.39, 0.29) is 0 Å². The van der Waals surface area contributed by atoms with Crippen LogP contribution in [0.3, 0.4) is 0 Å². The Hall–Kier alpha value is 0.430. The van der Waals surface area contributed by atoms with E-state index in [2.05, 4.69) is 13.8 Å². The standard InChI is InChI=1S/C20H43P/c1-3-5-7-8-9-10-11-12-13-14-15-16-17-18-20-21-19-6-4-2/h21H,3-20H2,1-2H3/p+1. The Balaban J connectivity index is 2.90. The third-order valence-corrected chi connectivity index (χ3v) is 6.16. The van der Waals surface area contributed by atoms with Crippen LogP contribution in [0, 0.1) is 0 Å². The van der Waals surface area contributed by atoms with Crippen molar-refractivity contribution in [3.8, 4) is 0 Å². The van der Waals surface area contributed by atoms with E-state index in [1.165, 1.54) is 103 Å². The van der Waals surface area contributed by atoms with Crippen LogP contribution in [0.15, 0.2) is 0 Å². The number of hydrogen-bond donors (Lipinski definition) is 0. The third kappa shape index (κ3) is 20.4. The van der Waals surface area contributed by atoms with Gasteiger partial charge in [-0.15, -0.1) is 0 Å². The molecule has 0 aromatic carbocycles. The van der Waals surface area contributed by atoms with Crippen LogP contribution in [0.5, 0.6) is 0 Å². The van der Waals surface area contributed by atoms with Crippen LogP contribution < -0.4 is 0 Å². The minimum Gasteiger partial charge on any atom is -0.0654 e. The summed E-state index contributed by atoms with van der Waals surface area (Å²) < 4.78 is 0. The second-order valence-corrected chi connectivity index (χ2v) is 8.55. The zero-order valence-corrected chi connectivity index (χ0v) is 16.5. The molecule has 0 saturated carbocycles. The summed E-state index contributed by atoms with van der Waals surface area (Å²) in [6, 6.07) is 0. The maximum atomic E-state index is 2.31. The van der Waals surface area contributed by atoms with Gasteiger partial charge in [0.1, 0.15) is 0 Å². The maximum Gasteiger partial charge on any atom is 0.0549 e. The predicted molar refractivity (Wildman–Crippen MR) is 105 cm³/mol. The summed E-state index contributed by atoms with van der Waals surface area (Å²) in [6.45, 7) is 4.61. The second kappa shape index (κ2) is 20.4. The molecule has 1 heteroatoms. The molecule has 0 aromatic rings. The first-order chi connectivity index (χ1) is 10.4. The highest BCUT2D eigenvalue weighted by Gasteiger charge is 1.96. The molecule has 0 rings (SSSR count). The van der Waals surface area contributed by atoms with Gasteiger partial charge in [-0.05, 0) is 27.8 Å². The summed E-state index contributed by atoms with van der Waals surface area (Å²) in [4.78, 5) is 0. The van der Waals surface area contributed by atoms with Crippen LogP contribution in [0.25, 0.3) is 0 Å². The monoisotopic (exact) mass is 315 g/mol. The maximum absolute atomic E-state index is 2.31. The van der Waals surface area contributed by atoms with Gasteiger partial charge in [-0.2, -0.15) is 0 Å². The van der Waals surface area contributed by atoms with E-state index in [4.69, 9.17) is 0 Å². The van der Waals surface area contributed by atoms with Gasteiger partial charge >= 0.3 is 0 Å². The predicted octanol–water partition coefficient (Wildman–Crippen LogP) is 7.68. The zero-order valence-electron chi connectivity index (χ0n) is 15.3. The Kier molecular flexibility index (Phi) is 20.8. The minimum absolute atomic E-state index is 0.794. The molecule has 1 atom stereocenters.